The Balaban J connectivity index is 2.58. The maximum atomic E-state index is 11.9. The lowest BCUT2D eigenvalue weighted by atomic mass is 10.1. The van der Waals surface area contributed by atoms with Crippen molar-refractivity contribution in [2.24, 2.45) is 0 Å². The Morgan fingerprint density at radius 2 is 1.76 bits per heavy atom. The van der Waals surface area contributed by atoms with E-state index in [4.69, 9.17) is 18.4 Å². The van der Waals surface area contributed by atoms with E-state index in [1.54, 1.807) is 26.0 Å². The van der Waals surface area contributed by atoms with Crippen LogP contribution in [0.2, 0.25) is 0 Å². The lowest BCUT2D eigenvalue weighted by Gasteiger charge is -2.16. The van der Waals surface area contributed by atoms with Crippen LogP contribution in [0.1, 0.15) is 26.3 Å². The van der Waals surface area contributed by atoms with E-state index in [0.29, 0.717) is 25.4 Å². The lowest BCUT2D eigenvalue weighted by Crippen LogP contribution is -2.29. The van der Waals surface area contributed by atoms with Crippen LogP contribution in [-0.2, 0) is 35.0 Å². The van der Waals surface area contributed by atoms with Crippen LogP contribution >= 0.6 is 0 Å². The van der Waals surface area contributed by atoms with Gasteiger partial charge in [0.1, 0.15) is 18.5 Å². The van der Waals surface area contributed by atoms with Gasteiger partial charge in [0.25, 0.3) is 10.1 Å². The molecular formula is C17H26O7S. The van der Waals surface area contributed by atoms with E-state index < -0.39 is 22.3 Å². The second kappa shape index (κ2) is 10.4. The summed E-state index contributed by atoms with van der Waals surface area (Å²) in [6, 6.07) is 7.14. The van der Waals surface area contributed by atoms with E-state index >= 15 is 0 Å². The zero-order valence-corrected chi connectivity index (χ0v) is 15.9. The van der Waals surface area contributed by atoms with Gasteiger partial charge in [-0.15, -0.1) is 0 Å². The first-order valence-electron chi connectivity index (χ1n) is 8.13. The van der Waals surface area contributed by atoms with Gasteiger partial charge in [0.2, 0.25) is 0 Å². The first-order valence-corrected chi connectivity index (χ1v) is 9.95. The van der Waals surface area contributed by atoms with Crippen LogP contribution in [0.3, 0.4) is 0 Å². The number of carbonyl (C=O) groups excluding carboxylic acids is 1. The van der Waals surface area contributed by atoms with Crippen molar-refractivity contribution >= 4 is 16.1 Å². The van der Waals surface area contributed by atoms with E-state index in [9.17, 15) is 13.2 Å². The third-order valence-corrected chi connectivity index (χ3v) is 3.76. The number of carbonyl (C=O) groups is 1. The summed E-state index contributed by atoms with van der Waals surface area (Å²) in [5.74, 6) is 0.202. The molecule has 8 heteroatoms. The van der Waals surface area contributed by atoms with Gasteiger partial charge in [-0.2, -0.15) is 8.42 Å². The van der Waals surface area contributed by atoms with Crippen molar-refractivity contribution in [3.63, 3.8) is 0 Å². The van der Waals surface area contributed by atoms with Gasteiger partial charge in [0.15, 0.2) is 6.10 Å². The molecule has 0 saturated heterocycles. The molecule has 0 spiro atoms. The van der Waals surface area contributed by atoms with Crippen molar-refractivity contribution < 1.29 is 31.6 Å². The highest BCUT2D eigenvalue weighted by molar-refractivity contribution is 7.86. The molecule has 2 unspecified atom stereocenters. The average Bonchev–Trinajstić information content (AvgIpc) is 2.52. The molecule has 1 aromatic carbocycles. The van der Waals surface area contributed by atoms with Gasteiger partial charge in [-0.05, 0) is 38.5 Å². The maximum Gasteiger partial charge on any atom is 0.335 e. The Morgan fingerprint density at radius 1 is 1.12 bits per heavy atom. The maximum absolute atomic E-state index is 11.9. The molecule has 1 rings (SSSR count). The molecule has 7 nitrogen and oxygen atoms in total. The van der Waals surface area contributed by atoms with E-state index in [0.717, 1.165) is 11.8 Å². The average molecular weight is 374 g/mol. The van der Waals surface area contributed by atoms with Crippen LogP contribution in [0.4, 0.5) is 0 Å². The van der Waals surface area contributed by atoms with E-state index in [1.165, 1.54) is 0 Å². The van der Waals surface area contributed by atoms with Gasteiger partial charge in [-0.3, -0.25) is 4.18 Å². The standard InChI is InChI=1S/C17H26O7S/c1-5-21-16(17(18)22-6-2)11-14-7-9-15(10-8-14)23-12-13(3)24-25(4,19)20/h7-10,13,16H,5-6,11-12H2,1-4H3. The summed E-state index contributed by atoms with van der Waals surface area (Å²) in [6.45, 7) is 6.02. The molecule has 1 aromatic rings. The molecule has 0 saturated carbocycles. The molecule has 142 valence electrons. The molecule has 0 bridgehead atoms. The van der Waals surface area contributed by atoms with Crippen LogP contribution in [0.5, 0.6) is 5.75 Å². The van der Waals surface area contributed by atoms with Crippen molar-refractivity contribution in [1.29, 1.82) is 0 Å². The van der Waals surface area contributed by atoms with Crippen LogP contribution in [0.25, 0.3) is 0 Å². The highest BCUT2D eigenvalue weighted by atomic mass is 32.2. The minimum Gasteiger partial charge on any atom is -0.491 e. The van der Waals surface area contributed by atoms with Crippen molar-refractivity contribution in [3.05, 3.63) is 29.8 Å². The second-order valence-electron chi connectivity index (χ2n) is 5.47. The Hall–Kier alpha value is -1.64. The second-order valence-corrected chi connectivity index (χ2v) is 7.07. The number of ether oxygens (including phenoxy) is 3. The zero-order chi connectivity index (χ0) is 18.9. The minimum atomic E-state index is -3.50. The Morgan fingerprint density at radius 3 is 2.28 bits per heavy atom. The quantitative estimate of drug-likeness (QED) is 0.432. The van der Waals surface area contributed by atoms with E-state index in [1.807, 2.05) is 19.1 Å². The third kappa shape index (κ3) is 8.85. The molecule has 0 aromatic heterocycles. The molecule has 0 aliphatic carbocycles. The monoisotopic (exact) mass is 374 g/mol. The van der Waals surface area contributed by atoms with Gasteiger partial charge in [0, 0.05) is 13.0 Å². The topological polar surface area (TPSA) is 88.1 Å². The zero-order valence-electron chi connectivity index (χ0n) is 15.1. The first-order chi connectivity index (χ1) is 11.7. The summed E-state index contributed by atoms with van der Waals surface area (Å²) in [5.41, 5.74) is 0.902. The summed E-state index contributed by atoms with van der Waals surface area (Å²) in [7, 11) is -3.50. The SMILES string of the molecule is CCOC(=O)C(Cc1ccc(OCC(C)OS(C)(=O)=O)cc1)OCC. The fourth-order valence-corrected chi connectivity index (χ4v) is 2.77. The highest BCUT2D eigenvalue weighted by Gasteiger charge is 2.20. The van der Waals surface area contributed by atoms with Crippen molar-refractivity contribution in [2.75, 3.05) is 26.1 Å². The number of hydrogen-bond donors (Lipinski definition) is 0. The molecule has 0 aliphatic rings. The van der Waals surface area contributed by atoms with Crippen LogP contribution in [0, 0.1) is 0 Å². The Labute approximate surface area is 149 Å². The fraction of sp³-hybridized carbons (Fsp3) is 0.588. The van der Waals surface area contributed by atoms with Gasteiger partial charge < -0.3 is 14.2 Å². The number of hydrogen-bond acceptors (Lipinski definition) is 7. The summed E-state index contributed by atoms with van der Waals surface area (Å²) in [5, 5.41) is 0. The predicted octanol–water partition coefficient (Wildman–Crippen LogP) is 1.94. The molecule has 0 N–H and O–H groups in total. The largest absolute Gasteiger partial charge is 0.491 e. The molecule has 25 heavy (non-hydrogen) atoms. The number of benzene rings is 1. The van der Waals surface area contributed by atoms with Gasteiger partial charge in [-0.1, -0.05) is 12.1 Å². The van der Waals surface area contributed by atoms with Crippen molar-refractivity contribution in [2.45, 2.75) is 39.4 Å². The summed E-state index contributed by atoms with van der Waals surface area (Å²) in [4.78, 5) is 11.9. The van der Waals surface area contributed by atoms with Gasteiger partial charge >= 0.3 is 5.97 Å². The molecule has 0 heterocycles. The van der Waals surface area contributed by atoms with Crippen LogP contribution < -0.4 is 4.74 Å². The van der Waals surface area contributed by atoms with Gasteiger partial charge in [0.05, 0.1) is 12.9 Å². The van der Waals surface area contributed by atoms with Crippen molar-refractivity contribution in [3.8, 4) is 5.75 Å². The number of rotatable bonds is 11. The van der Waals surface area contributed by atoms with Crippen LogP contribution in [0.15, 0.2) is 24.3 Å². The van der Waals surface area contributed by atoms with E-state index in [2.05, 4.69) is 0 Å². The molecule has 2 atom stereocenters. The fourth-order valence-electron chi connectivity index (χ4n) is 2.12. The molecule has 0 radical (unpaired) electrons. The Bertz CT molecular complexity index is 625. The molecule has 0 aliphatic heterocycles. The molecular weight excluding hydrogens is 348 g/mol. The third-order valence-electron chi connectivity index (χ3n) is 3.09. The minimum absolute atomic E-state index is 0.108. The summed E-state index contributed by atoms with van der Waals surface area (Å²) < 4.78 is 42.8. The van der Waals surface area contributed by atoms with E-state index in [-0.39, 0.29) is 12.6 Å². The smallest absolute Gasteiger partial charge is 0.335 e. The van der Waals surface area contributed by atoms with Crippen molar-refractivity contribution in [1.82, 2.24) is 0 Å². The molecule has 0 amide bonds. The number of esters is 1. The lowest BCUT2D eigenvalue weighted by molar-refractivity contribution is -0.156. The molecule has 0 fully saturated rings. The predicted molar refractivity (Wildman–Crippen MR) is 93.1 cm³/mol. The summed E-state index contributed by atoms with van der Waals surface area (Å²) in [6.07, 6.45) is 0.178. The first kappa shape index (κ1) is 21.4. The normalized spacial score (nSPS) is 13.9. The van der Waals surface area contributed by atoms with Crippen LogP contribution in [-0.4, -0.2) is 52.7 Å². The van der Waals surface area contributed by atoms with Gasteiger partial charge in [-0.25, -0.2) is 4.79 Å². The summed E-state index contributed by atoms with van der Waals surface area (Å²) >= 11 is 0. The highest BCUT2D eigenvalue weighted by Crippen LogP contribution is 2.15. The Kier molecular flexibility index (Phi) is 8.88.